The molecule has 3 saturated heterocycles. The molecule has 6 heteroatoms. The summed E-state index contributed by atoms with van der Waals surface area (Å²) in [6.45, 7) is 1.16. The van der Waals surface area contributed by atoms with Gasteiger partial charge in [0.2, 0.25) is 0 Å². The number of hydrogen-bond acceptors (Lipinski definition) is 6. The minimum Gasteiger partial charge on any atom is -0.456 e. The van der Waals surface area contributed by atoms with E-state index in [0.29, 0.717) is 102 Å². The summed E-state index contributed by atoms with van der Waals surface area (Å²) in [6.07, 6.45) is 22.3. The van der Waals surface area contributed by atoms with E-state index in [-0.39, 0.29) is 0 Å². The van der Waals surface area contributed by atoms with Gasteiger partial charge in [-0.2, -0.15) is 0 Å². The first-order valence-electron chi connectivity index (χ1n) is 31.2. The van der Waals surface area contributed by atoms with Gasteiger partial charge in [-0.25, -0.2) is 0 Å². The average molecular weight is 1020 g/mol. The molecule has 9 fully saturated rings. The second-order valence-electron chi connectivity index (χ2n) is 26.1. The van der Waals surface area contributed by atoms with Gasteiger partial charge in [-0.3, -0.25) is 0 Å². The predicted molar refractivity (Wildman–Crippen MR) is 317 cm³/mol. The van der Waals surface area contributed by atoms with Crippen LogP contribution in [0.25, 0.3) is 21.9 Å². The second-order valence-corrected chi connectivity index (χ2v) is 26.1. The molecule has 7 aromatic rings. The maximum Gasteiger partial charge on any atom is 0.138 e. The zero-order chi connectivity index (χ0) is 50.6. The van der Waals surface area contributed by atoms with Gasteiger partial charge in [0, 0.05) is 63.7 Å². The van der Waals surface area contributed by atoms with Gasteiger partial charge in [-0.05, 0) is 198 Å². The van der Waals surface area contributed by atoms with Crippen molar-refractivity contribution in [2.75, 3.05) is 26.1 Å². The van der Waals surface area contributed by atoms with E-state index in [9.17, 15) is 0 Å². The third-order valence-corrected chi connectivity index (χ3v) is 23.0. The van der Waals surface area contributed by atoms with Gasteiger partial charge >= 0.3 is 0 Å². The van der Waals surface area contributed by atoms with Crippen molar-refractivity contribution >= 4 is 44.7 Å². The molecule has 1 aromatic heterocycles. The van der Waals surface area contributed by atoms with Crippen molar-refractivity contribution in [2.45, 2.75) is 169 Å². The van der Waals surface area contributed by atoms with Crippen LogP contribution in [0.3, 0.4) is 0 Å². The smallest absolute Gasteiger partial charge is 0.138 e. The maximum atomic E-state index is 6.99. The number of furan rings is 1. The Morgan fingerprint density at radius 2 is 0.753 bits per heavy atom. The minimum atomic E-state index is 0.459. The lowest BCUT2D eigenvalue weighted by Gasteiger charge is -2.67. The summed E-state index contributed by atoms with van der Waals surface area (Å²) in [4.78, 5) is 12.3. The van der Waals surface area contributed by atoms with Gasteiger partial charge in [0.1, 0.15) is 11.2 Å². The topological polar surface area (TPSA) is 38.1 Å². The van der Waals surface area contributed by atoms with Crippen LogP contribution < -0.4 is 24.9 Å². The Morgan fingerprint density at radius 3 is 1.27 bits per heavy atom. The Labute approximate surface area is 458 Å². The van der Waals surface area contributed by atoms with E-state index >= 15 is 0 Å². The molecule has 396 valence electrons. The highest BCUT2D eigenvalue weighted by molar-refractivity contribution is 6.06. The van der Waals surface area contributed by atoms with E-state index in [1.807, 2.05) is 0 Å². The number of anilines is 4. The first-order chi connectivity index (χ1) is 38.2. The number of nitrogens with one attached hydrogen (secondary N) is 1. The van der Waals surface area contributed by atoms with Gasteiger partial charge in [-0.1, -0.05) is 135 Å². The monoisotopic (exact) mass is 1020 g/mol. The normalized spacial score (nSPS) is 36.6. The quantitative estimate of drug-likeness (QED) is 0.173. The molecule has 6 aliphatic carbocycles. The van der Waals surface area contributed by atoms with Crippen molar-refractivity contribution in [1.29, 1.82) is 0 Å². The Morgan fingerprint density at radius 1 is 0.325 bits per heavy atom. The molecule has 6 aromatic carbocycles. The van der Waals surface area contributed by atoms with Crippen LogP contribution in [0, 0.1) is 41.4 Å². The Balaban J connectivity index is 0.866. The van der Waals surface area contributed by atoms with Crippen LogP contribution in [0.4, 0.5) is 22.7 Å². The summed E-state index contributed by atoms with van der Waals surface area (Å²) in [5.74, 6) is 5.16. The van der Waals surface area contributed by atoms with Crippen LogP contribution >= 0.6 is 0 Å². The molecule has 9 aliphatic rings. The van der Waals surface area contributed by atoms with Crippen LogP contribution in [0.15, 0.2) is 168 Å². The van der Waals surface area contributed by atoms with Crippen LogP contribution in [0.2, 0.25) is 0 Å². The first kappa shape index (κ1) is 47.3. The molecule has 16 rings (SSSR count). The molecule has 17 unspecified atom stereocenters. The van der Waals surface area contributed by atoms with E-state index in [4.69, 9.17) is 4.42 Å². The molecule has 77 heavy (non-hydrogen) atoms. The largest absolute Gasteiger partial charge is 0.456 e. The molecule has 17 atom stereocenters. The lowest BCUT2D eigenvalue weighted by atomic mass is 9.47. The van der Waals surface area contributed by atoms with Gasteiger partial charge in [0.05, 0.1) is 24.2 Å². The number of rotatable bonds is 5. The third-order valence-electron chi connectivity index (χ3n) is 23.0. The first-order valence-corrected chi connectivity index (χ1v) is 31.2. The van der Waals surface area contributed by atoms with E-state index in [1.165, 1.54) is 148 Å². The van der Waals surface area contributed by atoms with Crippen LogP contribution in [-0.4, -0.2) is 60.9 Å². The fourth-order valence-electron chi connectivity index (χ4n) is 20.4. The molecule has 0 amide bonds. The number of benzene rings is 6. The van der Waals surface area contributed by atoms with Crippen molar-refractivity contribution in [3.05, 3.63) is 169 Å². The molecule has 0 bridgehead atoms. The van der Waals surface area contributed by atoms with Crippen molar-refractivity contribution < 1.29 is 4.42 Å². The summed E-state index contributed by atoms with van der Waals surface area (Å²) in [5, 5.41) is 7.14. The van der Waals surface area contributed by atoms with E-state index in [1.54, 1.807) is 0 Å². The number of fused-ring (bicyclic) bond motifs is 15. The molecule has 0 spiro atoms. The summed E-state index contributed by atoms with van der Waals surface area (Å²) in [5.41, 5.74) is 9.57. The van der Waals surface area contributed by atoms with E-state index < -0.39 is 0 Å². The fraction of sp³-hybridized carbons (Fsp3) is 0.493. The zero-order valence-corrected chi connectivity index (χ0v) is 45.3. The predicted octanol–water partition coefficient (Wildman–Crippen LogP) is 15.7. The average Bonchev–Trinajstić information content (AvgIpc) is 4.06. The molecule has 1 N–H and O–H groups in total. The molecular formula is C71H81N5O. The Hall–Kier alpha value is -5.72. The minimum absolute atomic E-state index is 0.459. The zero-order valence-electron chi connectivity index (χ0n) is 45.3. The molecule has 3 aliphatic heterocycles. The lowest BCUT2D eigenvalue weighted by molar-refractivity contribution is -0.0794. The maximum absolute atomic E-state index is 6.99. The van der Waals surface area contributed by atoms with Crippen molar-refractivity contribution in [3.63, 3.8) is 0 Å². The highest BCUT2D eigenvalue weighted by Crippen LogP contribution is 2.63. The molecule has 6 nitrogen and oxygen atoms in total. The molecule has 0 radical (unpaired) electrons. The van der Waals surface area contributed by atoms with Crippen molar-refractivity contribution in [2.24, 2.45) is 41.4 Å². The number of nitrogens with zero attached hydrogens (tertiary/aromatic N) is 4. The Kier molecular flexibility index (Phi) is 12.0. The third kappa shape index (κ3) is 7.78. The van der Waals surface area contributed by atoms with Gasteiger partial charge in [0.15, 0.2) is 0 Å². The summed E-state index contributed by atoms with van der Waals surface area (Å²) >= 11 is 0. The van der Waals surface area contributed by atoms with Crippen LogP contribution in [-0.2, 0) is 0 Å². The van der Waals surface area contributed by atoms with Crippen LogP contribution in [0.1, 0.15) is 121 Å². The standard InChI is InChI=1S/C71H81N5O/c1-5-21-47(22-6-1)73-61-33-14-15-34-62(61)74(48-23-7-2-8-24-48)66-43-58-54-32-20-40-72-70(54)60-45-68-67(75(49-25-9-3-10-26-49)63-35-16-17-36-64(63)76(68)50-27-11-4-12-28-50)44-59(60)56-41-46(38-39-52(56)57(58)42-65(66)73)51-30-19-31-55-53-29-13-18-37-69(53)77-71(51)55/h1-13,18-19,21-31,37,46,52,54,56-68,70,72H,14-17,20,32-36,38-45H2. The van der Waals surface area contributed by atoms with E-state index in [0.717, 1.165) is 17.7 Å². The van der Waals surface area contributed by atoms with Gasteiger partial charge < -0.3 is 29.3 Å². The summed E-state index contributed by atoms with van der Waals surface area (Å²) in [6, 6.07) is 68.0. The molecule has 6 saturated carbocycles. The fourth-order valence-corrected chi connectivity index (χ4v) is 20.4. The summed E-state index contributed by atoms with van der Waals surface area (Å²) < 4.78 is 6.99. The van der Waals surface area contributed by atoms with Crippen LogP contribution in [0.5, 0.6) is 0 Å². The highest BCUT2D eigenvalue weighted by Gasteiger charge is 2.62. The number of piperazine rings is 2. The number of piperidine rings is 1. The molecule has 4 heterocycles. The molecular weight excluding hydrogens is 939 g/mol. The van der Waals surface area contributed by atoms with Gasteiger partial charge in [0.25, 0.3) is 0 Å². The number of hydrogen-bond donors (Lipinski definition) is 1. The SMILES string of the molecule is c1ccc(N2C3CCCCC3N(c3ccccc3)C3CC4C(CC32)C2CCC(c3cccc5c3oc3ccccc35)CC2C2CC3C(CC2C2NCCCC42)N(c2ccccc2)C2CCCCC2N3c2ccccc2)cc1. The second kappa shape index (κ2) is 19.6. The summed E-state index contributed by atoms with van der Waals surface area (Å²) in [7, 11) is 0. The van der Waals surface area contributed by atoms with Gasteiger partial charge in [-0.15, -0.1) is 0 Å². The Bertz CT molecular complexity index is 3110. The lowest BCUT2D eigenvalue weighted by Crippen LogP contribution is -2.74. The van der Waals surface area contributed by atoms with Crippen molar-refractivity contribution in [1.82, 2.24) is 5.32 Å². The highest BCUT2D eigenvalue weighted by atomic mass is 16.3. The number of para-hydroxylation sites is 6. The van der Waals surface area contributed by atoms with Crippen molar-refractivity contribution in [3.8, 4) is 0 Å². The van der Waals surface area contributed by atoms with E-state index in [2.05, 4.69) is 189 Å².